The molecule has 9 heteroatoms. The molecule has 0 aliphatic carbocycles. The number of hydrogen-bond acceptors (Lipinski definition) is 5. The first-order chi connectivity index (χ1) is 11.7. The van der Waals surface area contributed by atoms with Crippen LogP contribution in [0.15, 0.2) is 10.5 Å². The molecule has 0 aromatic carbocycles. The van der Waals surface area contributed by atoms with E-state index in [4.69, 9.17) is 9.52 Å². The Bertz CT molecular complexity index is 747. The van der Waals surface area contributed by atoms with Crippen LogP contribution in [0.5, 0.6) is 0 Å². The second-order valence-electron chi connectivity index (χ2n) is 6.26. The number of carboxylic acids is 1. The van der Waals surface area contributed by atoms with Crippen molar-refractivity contribution in [1.29, 1.82) is 0 Å². The van der Waals surface area contributed by atoms with Gasteiger partial charge in [-0.25, -0.2) is 17.5 Å². The van der Waals surface area contributed by atoms with Gasteiger partial charge in [0.05, 0.1) is 12.3 Å². The molecule has 0 bridgehead atoms. The number of hydrogen-bond donors (Lipinski definition) is 1. The van der Waals surface area contributed by atoms with Gasteiger partial charge in [0.2, 0.25) is 15.9 Å². The fraction of sp³-hybridized carbons (Fsp3) is 0.625. The topological polar surface area (TPSA) is 108 Å². The molecule has 0 unspecified atom stereocenters. The van der Waals surface area contributed by atoms with Crippen LogP contribution in [-0.4, -0.2) is 60.5 Å². The zero-order chi connectivity index (χ0) is 18.8. The predicted molar refractivity (Wildman–Crippen MR) is 90.6 cm³/mol. The fourth-order valence-electron chi connectivity index (χ4n) is 3.02. The van der Waals surface area contributed by atoms with E-state index in [1.807, 2.05) is 0 Å². The maximum Gasteiger partial charge on any atom is 0.339 e. The summed E-state index contributed by atoms with van der Waals surface area (Å²) >= 11 is 0. The lowest BCUT2D eigenvalue weighted by molar-refractivity contribution is -0.136. The highest BCUT2D eigenvalue weighted by molar-refractivity contribution is 7.89. The first kappa shape index (κ1) is 19.5. The van der Waals surface area contributed by atoms with E-state index >= 15 is 0 Å². The van der Waals surface area contributed by atoms with E-state index in [0.29, 0.717) is 37.5 Å². The highest BCUT2D eigenvalue weighted by atomic mass is 32.2. The van der Waals surface area contributed by atoms with Crippen LogP contribution in [0.1, 0.15) is 41.6 Å². The highest BCUT2D eigenvalue weighted by Gasteiger charge is 2.31. The third-order valence-electron chi connectivity index (χ3n) is 4.53. The lowest BCUT2D eigenvalue weighted by Crippen LogP contribution is -2.43. The molecule has 0 saturated carbocycles. The summed E-state index contributed by atoms with van der Waals surface area (Å²) in [7, 11) is -1.58. The van der Waals surface area contributed by atoms with Gasteiger partial charge in [-0.3, -0.25) is 4.79 Å². The minimum absolute atomic E-state index is 0.0648. The lowest BCUT2D eigenvalue weighted by atomic mass is 9.96. The summed E-state index contributed by atoms with van der Waals surface area (Å²) in [5.41, 5.74) is 0.0916. The van der Waals surface area contributed by atoms with Crippen molar-refractivity contribution in [1.82, 2.24) is 9.21 Å². The van der Waals surface area contributed by atoms with Gasteiger partial charge in [0, 0.05) is 26.1 Å². The quantitative estimate of drug-likeness (QED) is 0.806. The summed E-state index contributed by atoms with van der Waals surface area (Å²) in [4.78, 5) is 25.1. The number of sulfonamides is 1. The summed E-state index contributed by atoms with van der Waals surface area (Å²) < 4.78 is 30.6. The Labute approximate surface area is 147 Å². The summed E-state index contributed by atoms with van der Waals surface area (Å²) in [6.07, 6.45) is 0.972. The average Bonchev–Trinajstić information content (AvgIpc) is 2.94. The number of rotatable bonds is 6. The maximum atomic E-state index is 12.6. The summed E-state index contributed by atoms with van der Waals surface area (Å²) in [6, 6.07) is 1.43. The molecule has 1 aromatic heterocycles. The predicted octanol–water partition coefficient (Wildman–Crippen LogP) is 1.31. The standard InChI is InChI=1S/C16H24N2O6S/c1-4-25(22,23)18-7-5-12(6-8-18)15(19)17(3)10-13-9-14(16(20)21)11(2)24-13/h9,12H,4-8,10H2,1-3H3,(H,20,21). The van der Waals surface area contributed by atoms with E-state index in [-0.39, 0.29) is 29.7 Å². The molecule has 0 radical (unpaired) electrons. The Morgan fingerprint density at radius 3 is 2.44 bits per heavy atom. The zero-order valence-corrected chi connectivity index (χ0v) is 15.5. The highest BCUT2D eigenvalue weighted by Crippen LogP contribution is 2.23. The lowest BCUT2D eigenvalue weighted by Gasteiger charge is -2.32. The Morgan fingerprint density at radius 2 is 1.96 bits per heavy atom. The molecular weight excluding hydrogens is 348 g/mol. The molecule has 0 spiro atoms. The minimum atomic E-state index is -3.21. The minimum Gasteiger partial charge on any atom is -0.478 e. The molecule has 1 saturated heterocycles. The van der Waals surface area contributed by atoms with E-state index in [1.165, 1.54) is 15.3 Å². The van der Waals surface area contributed by atoms with E-state index in [2.05, 4.69) is 0 Å². The largest absolute Gasteiger partial charge is 0.478 e. The summed E-state index contributed by atoms with van der Waals surface area (Å²) in [6.45, 7) is 4.06. The number of aromatic carboxylic acids is 1. The third kappa shape index (κ3) is 4.40. The van der Waals surface area contributed by atoms with Crippen LogP contribution in [0, 0.1) is 12.8 Å². The summed E-state index contributed by atoms with van der Waals surface area (Å²) in [5, 5.41) is 9.04. The fourth-order valence-corrected chi connectivity index (χ4v) is 4.15. The Kier molecular flexibility index (Phi) is 5.89. The summed E-state index contributed by atoms with van der Waals surface area (Å²) in [5.74, 6) is -0.595. The van der Waals surface area contributed by atoms with Gasteiger partial charge < -0.3 is 14.4 Å². The molecule has 1 aliphatic rings. The molecule has 1 N–H and O–H groups in total. The molecule has 2 rings (SSSR count). The van der Waals surface area contributed by atoms with Crippen LogP contribution in [0.2, 0.25) is 0 Å². The number of aryl methyl sites for hydroxylation is 1. The number of carbonyl (C=O) groups is 2. The van der Waals surface area contributed by atoms with Crippen molar-refractivity contribution < 1.29 is 27.5 Å². The van der Waals surface area contributed by atoms with Crippen molar-refractivity contribution in [2.75, 3.05) is 25.9 Å². The van der Waals surface area contributed by atoms with Crippen molar-refractivity contribution in [3.63, 3.8) is 0 Å². The average molecular weight is 372 g/mol. The van der Waals surface area contributed by atoms with Crippen molar-refractivity contribution in [2.24, 2.45) is 5.92 Å². The van der Waals surface area contributed by atoms with Crippen LogP contribution in [0.3, 0.4) is 0 Å². The van der Waals surface area contributed by atoms with E-state index in [0.717, 1.165) is 0 Å². The molecule has 1 aromatic rings. The molecule has 1 fully saturated rings. The van der Waals surface area contributed by atoms with Crippen LogP contribution < -0.4 is 0 Å². The molecule has 2 heterocycles. The molecule has 25 heavy (non-hydrogen) atoms. The van der Waals surface area contributed by atoms with Crippen LogP contribution in [0.25, 0.3) is 0 Å². The number of amides is 1. The van der Waals surface area contributed by atoms with Gasteiger partial charge in [-0.2, -0.15) is 0 Å². The van der Waals surface area contributed by atoms with Gasteiger partial charge in [-0.15, -0.1) is 0 Å². The van der Waals surface area contributed by atoms with Gasteiger partial charge >= 0.3 is 5.97 Å². The molecule has 8 nitrogen and oxygen atoms in total. The second kappa shape index (κ2) is 7.57. The van der Waals surface area contributed by atoms with Gasteiger partial charge in [-0.05, 0) is 32.8 Å². The monoisotopic (exact) mass is 372 g/mol. The van der Waals surface area contributed by atoms with Crippen LogP contribution in [-0.2, 0) is 21.4 Å². The van der Waals surface area contributed by atoms with E-state index in [1.54, 1.807) is 20.9 Å². The van der Waals surface area contributed by atoms with E-state index < -0.39 is 16.0 Å². The smallest absolute Gasteiger partial charge is 0.339 e. The van der Waals surface area contributed by atoms with Crippen molar-refractivity contribution in [3.05, 3.63) is 23.2 Å². The first-order valence-electron chi connectivity index (χ1n) is 8.21. The zero-order valence-electron chi connectivity index (χ0n) is 14.7. The SMILES string of the molecule is CCS(=O)(=O)N1CCC(C(=O)N(C)Cc2cc(C(=O)O)c(C)o2)CC1. The Morgan fingerprint density at radius 1 is 1.36 bits per heavy atom. The van der Waals surface area contributed by atoms with Crippen molar-refractivity contribution >= 4 is 21.9 Å². The third-order valence-corrected chi connectivity index (χ3v) is 6.41. The van der Waals surface area contributed by atoms with Crippen LogP contribution >= 0.6 is 0 Å². The maximum absolute atomic E-state index is 12.6. The molecule has 1 aliphatic heterocycles. The van der Waals surface area contributed by atoms with E-state index in [9.17, 15) is 18.0 Å². The molecule has 0 atom stereocenters. The number of carboxylic acid groups (broad SMARTS) is 1. The Balaban J connectivity index is 1.95. The molecule has 140 valence electrons. The van der Waals surface area contributed by atoms with Gasteiger partial charge in [0.25, 0.3) is 0 Å². The van der Waals surface area contributed by atoms with Gasteiger partial charge in [-0.1, -0.05) is 0 Å². The number of carbonyl (C=O) groups excluding carboxylic acids is 1. The van der Waals surface area contributed by atoms with Crippen LogP contribution in [0.4, 0.5) is 0 Å². The Hall–Kier alpha value is -1.87. The molecular formula is C16H24N2O6S. The van der Waals surface area contributed by atoms with Gasteiger partial charge in [0.15, 0.2) is 0 Å². The number of furan rings is 1. The normalized spacial score (nSPS) is 16.8. The van der Waals surface area contributed by atoms with Gasteiger partial charge in [0.1, 0.15) is 17.1 Å². The van der Waals surface area contributed by atoms with Crippen molar-refractivity contribution in [2.45, 2.75) is 33.2 Å². The second-order valence-corrected chi connectivity index (χ2v) is 8.51. The number of nitrogens with zero attached hydrogens (tertiary/aromatic N) is 2. The number of piperidine rings is 1. The van der Waals surface area contributed by atoms with Crippen molar-refractivity contribution in [3.8, 4) is 0 Å². The first-order valence-corrected chi connectivity index (χ1v) is 9.82. The molecule has 1 amide bonds.